The van der Waals surface area contributed by atoms with Crippen LogP contribution in [0.15, 0.2) is 24.3 Å². The van der Waals surface area contributed by atoms with Crippen molar-refractivity contribution in [1.82, 2.24) is 0 Å². The summed E-state index contributed by atoms with van der Waals surface area (Å²) in [5.41, 5.74) is 2.99. The van der Waals surface area contributed by atoms with E-state index >= 15 is 0 Å². The first-order valence-electron chi connectivity index (χ1n) is 6.32. The second kappa shape index (κ2) is 6.66. The molecule has 1 aromatic rings. The molecule has 1 atom stereocenters. The molecule has 1 unspecified atom stereocenters. The van der Waals surface area contributed by atoms with E-state index in [4.69, 9.17) is 0 Å². The fourth-order valence-electron chi connectivity index (χ4n) is 2.09. The lowest BCUT2D eigenvalue weighted by Gasteiger charge is -2.15. The molecule has 0 radical (unpaired) electrons. The van der Waals surface area contributed by atoms with Crippen LogP contribution in [0.2, 0.25) is 0 Å². The van der Waals surface area contributed by atoms with Gasteiger partial charge in [-0.05, 0) is 30.4 Å². The average molecular weight is 204 g/mol. The summed E-state index contributed by atoms with van der Waals surface area (Å²) in [6.07, 6.45) is 6.67. The summed E-state index contributed by atoms with van der Waals surface area (Å²) < 4.78 is 0. The molecule has 0 aromatic heterocycles. The first kappa shape index (κ1) is 12.3. The van der Waals surface area contributed by atoms with Crippen LogP contribution in [0.5, 0.6) is 0 Å². The van der Waals surface area contributed by atoms with Gasteiger partial charge in [0.15, 0.2) is 0 Å². The molecule has 15 heavy (non-hydrogen) atoms. The van der Waals surface area contributed by atoms with E-state index in [0.717, 1.165) is 5.92 Å². The van der Waals surface area contributed by atoms with Gasteiger partial charge in [-0.2, -0.15) is 0 Å². The lowest BCUT2D eigenvalue weighted by atomic mass is 9.90. The average Bonchev–Trinajstić information content (AvgIpc) is 2.26. The normalized spacial score (nSPS) is 12.7. The van der Waals surface area contributed by atoms with Crippen molar-refractivity contribution in [2.45, 2.75) is 52.9 Å². The van der Waals surface area contributed by atoms with Gasteiger partial charge in [-0.1, -0.05) is 63.8 Å². The van der Waals surface area contributed by atoms with Crippen molar-refractivity contribution in [1.29, 1.82) is 0 Å². The Morgan fingerprint density at radius 1 is 1.13 bits per heavy atom. The van der Waals surface area contributed by atoms with Gasteiger partial charge >= 0.3 is 0 Å². The lowest BCUT2D eigenvalue weighted by Crippen LogP contribution is -2.04. The molecule has 0 nitrogen and oxygen atoms in total. The molecule has 0 bridgehead atoms. The Hall–Kier alpha value is -0.780. The van der Waals surface area contributed by atoms with Gasteiger partial charge in [0.1, 0.15) is 0 Å². The number of aryl methyl sites for hydroxylation is 1. The largest absolute Gasteiger partial charge is 0.0654 e. The summed E-state index contributed by atoms with van der Waals surface area (Å²) >= 11 is 0. The van der Waals surface area contributed by atoms with E-state index in [1.165, 1.54) is 37.7 Å². The van der Waals surface area contributed by atoms with Gasteiger partial charge in [0.05, 0.1) is 0 Å². The third-order valence-corrected chi connectivity index (χ3v) is 3.31. The van der Waals surface area contributed by atoms with Crippen molar-refractivity contribution in [2.75, 3.05) is 0 Å². The van der Waals surface area contributed by atoms with E-state index in [1.807, 2.05) is 0 Å². The first-order chi connectivity index (χ1) is 7.27. The third kappa shape index (κ3) is 4.07. The maximum atomic E-state index is 2.32. The van der Waals surface area contributed by atoms with Crippen molar-refractivity contribution in [3.8, 4) is 0 Å². The molecule has 0 saturated heterocycles. The molecule has 0 aliphatic heterocycles. The van der Waals surface area contributed by atoms with E-state index in [9.17, 15) is 0 Å². The maximum Gasteiger partial charge on any atom is -0.0248 e. The predicted octanol–water partition coefficient (Wildman–Crippen LogP) is 4.75. The van der Waals surface area contributed by atoms with Gasteiger partial charge < -0.3 is 0 Å². The van der Waals surface area contributed by atoms with Gasteiger partial charge in [0, 0.05) is 0 Å². The van der Waals surface area contributed by atoms with Gasteiger partial charge in [-0.3, -0.25) is 0 Å². The molecule has 0 saturated carbocycles. The van der Waals surface area contributed by atoms with E-state index in [-0.39, 0.29) is 0 Å². The quantitative estimate of drug-likeness (QED) is 0.627. The van der Waals surface area contributed by atoms with Crippen molar-refractivity contribution in [2.24, 2.45) is 5.92 Å². The highest BCUT2D eigenvalue weighted by Crippen LogP contribution is 2.20. The highest BCUT2D eigenvalue weighted by atomic mass is 14.1. The maximum absolute atomic E-state index is 2.32. The molecule has 84 valence electrons. The number of unbranched alkanes of at least 4 members (excludes halogenated alkanes) is 1. The second-order valence-electron chi connectivity index (χ2n) is 4.55. The molecule has 0 aliphatic carbocycles. The fourth-order valence-corrected chi connectivity index (χ4v) is 2.09. The van der Waals surface area contributed by atoms with Crippen LogP contribution in [-0.2, 0) is 6.42 Å². The summed E-state index contributed by atoms with van der Waals surface area (Å²) in [7, 11) is 0. The standard InChI is InChI=1S/C15H24/c1-4-6-10-14(5-2)12-15-11-8-7-9-13(15)3/h7-9,11,14H,4-6,10,12H2,1-3H3. The zero-order valence-corrected chi connectivity index (χ0v) is 10.4. The zero-order chi connectivity index (χ0) is 11.1. The predicted molar refractivity (Wildman–Crippen MR) is 68.2 cm³/mol. The second-order valence-corrected chi connectivity index (χ2v) is 4.55. The topological polar surface area (TPSA) is 0 Å². The highest BCUT2D eigenvalue weighted by Gasteiger charge is 2.08. The Morgan fingerprint density at radius 2 is 1.87 bits per heavy atom. The molecule has 1 aromatic carbocycles. The number of rotatable bonds is 6. The smallest absolute Gasteiger partial charge is 0.0248 e. The molecule has 0 spiro atoms. The molecular weight excluding hydrogens is 180 g/mol. The fraction of sp³-hybridized carbons (Fsp3) is 0.600. The molecular formula is C15H24. The van der Waals surface area contributed by atoms with Crippen LogP contribution in [0.3, 0.4) is 0 Å². The van der Waals surface area contributed by atoms with E-state index in [2.05, 4.69) is 45.0 Å². The molecule has 0 fully saturated rings. The summed E-state index contributed by atoms with van der Waals surface area (Å²) in [5.74, 6) is 0.881. The molecule has 0 amide bonds. The number of hydrogen-bond acceptors (Lipinski definition) is 0. The van der Waals surface area contributed by atoms with Crippen LogP contribution < -0.4 is 0 Å². The zero-order valence-electron chi connectivity index (χ0n) is 10.4. The molecule has 0 aliphatic rings. The molecule has 0 heteroatoms. The van der Waals surface area contributed by atoms with Crippen molar-refractivity contribution < 1.29 is 0 Å². The molecule has 0 heterocycles. The van der Waals surface area contributed by atoms with Crippen LogP contribution >= 0.6 is 0 Å². The Morgan fingerprint density at radius 3 is 2.47 bits per heavy atom. The number of hydrogen-bond donors (Lipinski definition) is 0. The summed E-state index contributed by atoms with van der Waals surface area (Å²) in [5, 5.41) is 0. The summed E-state index contributed by atoms with van der Waals surface area (Å²) in [4.78, 5) is 0. The first-order valence-corrected chi connectivity index (χ1v) is 6.32. The minimum atomic E-state index is 0.881. The summed E-state index contributed by atoms with van der Waals surface area (Å²) in [6.45, 7) is 6.82. The minimum absolute atomic E-state index is 0.881. The third-order valence-electron chi connectivity index (χ3n) is 3.31. The SMILES string of the molecule is CCCCC(CC)Cc1ccccc1C. The Balaban J connectivity index is 2.54. The Bertz CT molecular complexity index is 275. The monoisotopic (exact) mass is 204 g/mol. The van der Waals surface area contributed by atoms with Crippen LogP contribution in [0, 0.1) is 12.8 Å². The van der Waals surface area contributed by atoms with Crippen molar-refractivity contribution in [3.05, 3.63) is 35.4 Å². The van der Waals surface area contributed by atoms with Gasteiger partial charge in [0.2, 0.25) is 0 Å². The van der Waals surface area contributed by atoms with Crippen LogP contribution in [0.4, 0.5) is 0 Å². The minimum Gasteiger partial charge on any atom is -0.0654 e. The Kier molecular flexibility index (Phi) is 5.45. The van der Waals surface area contributed by atoms with Crippen molar-refractivity contribution in [3.63, 3.8) is 0 Å². The van der Waals surface area contributed by atoms with E-state index < -0.39 is 0 Å². The lowest BCUT2D eigenvalue weighted by molar-refractivity contribution is 0.448. The van der Waals surface area contributed by atoms with E-state index in [1.54, 1.807) is 5.56 Å². The Labute approximate surface area is 94.7 Å². The van der Waals surface area contributed by atoms with Gasteiger partial charge in [-0.25, -0.2) is 0 Å². The highest BCUT2D eigenvalue weighted by molar-refractivity contribution is 5.25. The molecule has 0 N–H and O–H groups in total. The molecule has 1 rings (SSSR count). The summed E-state index contributed by atoms with van der Waals surface area (Å²) in [6, 6.07) is 8.80. The van der Waals surface area contributed by atoms with E-state index in [0.29, 0.717) is 0 Å². The number of benzene rings is 1. The van der Waals surface area contributed by atoms with Gasteiger partial charge in [0.25, 0.3) is 0 Å². The van der Waals surface area contributed by atoms with Crippen molar-refractivity contribution >= 4 is 0 Å². The van der Waals surface area contributed by atoms with Crippen LogP contribution in [0.1, 0.15) is 50.7 Å². The van der Waals surface area contributed by atoms with Gasteiger partial charge in [-0.15, -0.1) is 0 Å². The van der Waals surface area contributed by atoms with Crippen LogP contribution in [0.25, 0.3) is 0 Å². The van der Waals surface area contributed by atoms with Crippen LogP contribution in [-0.4, -0.2) is 0 Å².